The van der Waals surface area contributed by atoms with E-state index in [0.717, 1.165) is 16.0 Å². The molecular formula is C29H30FN5O5S. The van der Waals surface area contributed by atoms with Crippen LogP contribution < -0.4 is 16.4 Å². The van der Waals surface area contributed by atoms with Gasteiger partial charge in [0.25, 0.3) is 5.91 Å². The molecule has 41 heavy (non-hydrogen) atoms. The topological polar surface area (TPSA) is 147 Å². The van der Waals surface area contributed by atoms with E-state index in [1.807, 2.05) is 0 Å². The van der Waals surface area contributed by atoms with Crippen LogP contribution in [0.15, 0.2) is 60.0 Å². The number of hydrogen-bond acceptors (Lipinski definition) is 7. The summed E-state index contributed by atoms with van der Waals surface area (Å²) < 4.78 is 24.8. The Kier molecular flexibility index (Phi) is 8.15. The average molecular weight is 580 g/mol. The molecule has 0 aliphatic carbocycles. The second-order valence-corrected chi connectivity index (χ2v) is 11.0. The molecule has 2 atom stereocenters. The van der Waals surface area contributed by atoms with Gasteiger partial charge in [-0.15, -0.1) is 11.3 Å². The van der Waals surface area contributed by atoms with Gasteiger partial charge < -0.3 is 30.7 Å². The van der Waals surface area contributed by atoms with E-state index in [4.69, 9.17) is 20.6 Å². The molecule has 12 heteroatoms. The molecule has 2 aliphatic rings. The van der Waals surface area contributed by atoms with Crippen molar-refractivity contribution in [2.24, 2.45) is 5.73 Å². The number of amides is 3. The van der Waals surface area contributed by atoms with Crippen LogP contribution in [0.2, 0.25) is 0 Å². The van der Waals surface area contributed by atoms with Gasteiger partial charge in [0, 0.05) is 27.8 Å². The van der Waals surface area contributed by atoms with Gasteiger partial charge in [-0.2, -0.15) is 0 Å². The van der Waals surface area contributed by atoms with Gasteiger partial charge in [0.15, 0.2) is 5.79 Å². The molecule has 1 aromatic heterocycles. The van der Waals surface area contributed by atoms with Crippen LogP contribution in [-0.2, 0) is 25.6 Å². The molecular weight excluding hydrogens is 549 g/mol. The number of ether oxygens (including phenoxy) is 2. The first-order valence-corrected chi connectivity index (χ1v) is 14.0. The Balaban J connectivity index is 1.24. The molecule has 2 saturated heterocycles. The monoisotopic (exact) mass is 579 g/mol. The number of benzene rings is 2. The lowest BCUT2D eigenvalue weighted by molar-refractivity contribution is -0.153. The van der Waals surface area contributed by atoms with Crippen molar-refractivity contribution in [3.05, 3.63) is 81.8 Å². The van der Waals surface area contributed by atoms with E-state index < -0.39 is 29.7 Å². The summed E-state index contributed by atoms with van der Waals surface area (Å²) in [4.78, 5) is 42.0. The number of carbonyl (C=O) groups excluding carboxylic acids is 3. The van der Waals surface area contributed by atoms with Crippen molar-refractivity contribution in [1.82, 2.24) is 15.5 Å². The Morgan fingerprint density at radius 2 is 1.73 bits per heavy atom. The number of carbonyl (C=O) groups is 3. The lowest BCUT2D eigenvalue weighted by atomic mass is 10.0. The fourth-order valence-electron chi connectivity index (χ4n) is 4.96. The average Bonchev–Trinajstić information content (AvgIpc) is 3.72. The number of nitrogens with one attached hydrogen (secondary N) is 3. The first-order chi connectivity index (χ1) is 19.6. The van der Waals surface area contributed by atoms with E-state index in [9.17, 15) is 18.8 Å². The molecule has 3 amide bonds. The maximum Gasteiger partial charge on any atom is 0.251 e. The molecule has 0 bridgehead atoms. The summed E-state index contributed by atoms with van der Waals surface area (Å²) in [5.41, 5.74) is 8.09. The van der Waals surface area contributed by atoms with Crippen LogP contribution in [0.25, 0.3) is 11.1 Å². The second-order valence-electron chi connectivity index (χ2n) is 10.0. The summed E-state index contributed by atoms with van der Waals surface area (Å²) in [6.07, 6.45) is 0.166. The molecule has 10 nitrogen and oxygen atoms in total. The van der Waals surface area contributed by atoms with Gasteiger partial charge in [-0.05, 0) is 48.4 Å². The number of nitrogen functional groups attached to an aromatic ring is 1. The number of rotatable bonds is 8. The molecule has 214 valence electrons. The van der Waals surface area contributed by atoms with E-state index in [2.05, 4.69) is 10.6 Å². The van der Waals surface area contributed by atoms with Crippen LogP contribution in [-0.4, -0.2) is 66.1 Å². The van der Waals surface area contributed by atoms with Crippen molar-refractivity contribution in [3.63, 3.8) is 0 Å². The standard InChI is InChI=1S/C29H30FN5O5S/c1-17(34-26(36)20-4-2-18(3-5-20)19-6-8-22(30)9-7-19)28(38)35-16-29(39-10-11-40-29)13-24(35)27(37)33-14-23-12-21(15-41-23)25(31)32/h2-9,12,15,17,24H,10-11,13-14,16H2,1H3,(H3,31,32)(H,33,37)(H,34,36)/t17-,24-/m0/s1. The fraction of sp³-hybridized carbons (Fsp3) is 0.310. The highest BCUT2D eigenvalue weighted by atomic mass is 32.1. The highest BCUT2D eigenvalue weighted by Crippen LogP contribution is 2.35. The predicted octanol–water partition coefficient (Wildman–Crippen LogP) is 2.62. The maximum atomic E-state index is 13.5. The number of nitrogens with two attached hydrogens (primary N) is 1. The zero-order chi connectivity index (χ0) is 29.1. The highest BCUT2D eigenvalue weighted by molar-refractivity contribution is 7.10. The highest BCUT2D eigenvalue weighted by Gasteiger charge is 2.53. The Labute approximate surface area is 240 Å². The number of amidine groups is 1. The predicted molar refractivity (Wildman–Crippen MR) is 151 cm³/mol. The van der Waals surface area contributed by atoms with Crippen LogP contribution in [0.5, 0.6) is 0 Å². The molecule has 0 saturated carbocycles. The van der Waals surface area contributed by atoms with Gasteiger partial charge in [0.1, 0.15) is 23.7 Å². The van der Waals surface area contributed by atoms with Gasteiger partial charge >= 0.3 is 0 Å². The molecule has 5 N–H and O–H groups in total. The molecule has 3 heterocycles. The first kappa shape index (κ1) is 28.4. The third kappa shape index (κ3) is 6.29. The SMILES string of the molecule is C[C@H](NC(=O)c1ccc(-c2ccc(F)cc2)cc1)C(=O)N1CC2(C[C@H]1C(=O)NCc1cc(C(=N)N)cs1)OCCO2. The van der Waals surface area contributed by atoms with E-state index >= 15 is 0 Å². The zero-order valence-corrected chi connectivity index (χ0v) is 23.1. The molecule has 0 unspecified atom stereocenters. The second kappa shape index (κ2) is 11.8. The summed E-state index contributed by atoms with van der Waals surface area (Å²) in [7, 11) is 0. The third-order valence-electron chi connectivity index (χ3n) is 7.14. The van der Waals surface area contributed by atoms with E-state index in [1.165, 1.54) is 28.4 Å². The van der Waals surface area contributed by atoms with Crippen molar-refractivity contribution in [1.29, 1.82) is 5.41 Å². The third-order valence-corrected chi connectivity index (χ3v) is 8.07. The van der Waals surface area contributed by atoms with E-state index in [1.54, 1.807) is 54.8 Å². The van der Waals surface area contributed by atoms with Crippen molar-refractivity contribution in [2.45, 2.75) is 37.8 Å². The zero-order valence-electron chi connectivity index (χ0n) is 22.3. The largest absolute Gasteiger partial charge is 0.384 e. The number of thiophene rings is 1. The summed E-state index contributed by atoms with van der Waals surface area (Å²) >= 11 is 1.37. The van der Waals surface area contributed by atoms with Crippen molar-refractivity contribution in [3.8, 4) is 11.1 Å². The van der Waals surface area contributed by atoms with Crippen LogP contribution in [0.3, 0.4) is 0 Å². The minimum Gasteiger partial charge on any atom is -0.384 e. The van der Waals surface area contributed by atoms with E-state index in [-0.39, 0.29) is 37.1 Å². The Morgan fingerprint density at radius 3 is 2.34 bits per heavy atom. The van der Waals surface area contributed by atoms with Gasteiger partial charge in [-0.1, -0.05) is 24.3 Å². The Hall–Kier alpha value is -4.13. The van der Waals surface area contributed by atoms with Crippen LogP contribution in [0.1, 0.15) is 34.1 Å². The molecule has 0 radical (unpaired) electrons. The number of hydrogen-bond donors (Lipinski definition) is 4. The summed E-state index contributed by atoms with van der Waals surface area (Å²) in [6, 6.07) is 12.8. The molecule has 1 spiro atoms. The smallest absolute Gasteiger partial charge is 0.251 e. The molecule has 5 rings (SSSR count). The minimum atomic E-state index is -1.07. The van der Waals surface area contributed by atoms with Gasteiger partial charge in [0.05, 0.1) is 26.3 Å². The van der Waals surface area contributed by atoms with Crippen molar-refractivity contribution < 1.29 is 28.2 Å². The number of likely N-dealkylation sites (tertiary alicyclic amines) is 1. The maximum absolute atomic E-state index is 13.5. The molecule has 2 aromatic carbocycles. The fourth-order valence-corrected chi connectivity index (χ4v) is 5.79. The quantitative estimate of drug-likeness (QED) is 0.238. The van der Waals surface area contributed by atoms with Crippen molar-refractivity contribution >= 4 is 34.9 Å². The minimum absolute atomic E-state index is 0.0521. The number of nitrogens with zero attached hydrogens (tertiary/aromatic N) is 1. The molecule has 2 fully saturated rings. The lowest BCUT2D eigenvalue weighted by Crippen LogP contribution is -2.52. The van der Waals surface area contributed by atoms with Crippen LogP contribution in [0.4, 0.5) is 4.39 Å². The Morgan fingerprint density at radius 1 is 1.10 bits per heavy atom. The summed E-state index contributed by atoms with van der Waals surface area (Å²) in [5.74, 6) is -2.71. The van der Waals surface area contributed by atoms with E-state index in [0.29, 0.717) is 24.3 Å². The summed E-state index contributed by atoms with van der Waals surface area (Å²) in [6.45, 7) is 2.56. The van der Waals surface area contributed by atoms with Crippen LogP contribution in [0, 0.1) is 11.2 Å². The lowest BCUT2D eigenvalue weighted by Gasteiger charge is -2.27. The normalized spacial score (nSPS) is 18.3. The van der Waals surface area contributed by atoms with Gasteiger partial charge in [-0.3, -0.25) is 19.8 Å². The van der Waals surface area contributed by atoms with Gasteiger partial charge in [-0.25, -0.2) is 4.39 Å². The molecule has 3 aromatic rings. The molecule has 2 aliphatic heterocycles. The number of halogens is 1. The summed E-state index contributed by atoms with van der Waals surface area (Å²) in [5, 5.41) is 14.9. The van der Waals surface area contributed by atoms with Crippen LogP contribution >= 0.6 is 11.3 Å². The Bertz CT molecular complexity index is 1450. The first-order valence-electron chi connectivity index (χ1n) is 13.1. The van der Waals surface area contributed by atoms with Crippen molar-refractivity contribution in [2.75, 3.05) is 19.8 Å². The van der Waals surface area contributed by atoms with Gasteiger partial charge in [0.2, 0.25) is 11.8 Å².